The third-order valence-electron chi connectivity index (χ3n) is 6.42. The second kappa shape index (κ2) is 9.35. The van der Waals surface area contributed by atoms with E-state index in [9.17, 15) is 4.79 Å². The molecule has 1 N–H and O–H groups in total. The number of aryl methyl sites for hydroxylation is 1. The van der Waals surface area contributed by atoms with Gasteiger partial charge < -0.3 is 14.3 Å². The van der Waals surface area contributed by atoms with Crippen LogP contribution in [0.1, 0.15) is 66.2 Å². The highest BCUT2D eigenvalue weighted by atomic mass is 32.1. The Hall–Kier alpha value is -3.19. The van der Waals surface area contributed by atoms with E-state index < -0.39 is 0 Å². The predicted molar refractivity (Wildman–Crippen MR) is 130 cm³/mol. The van der Waals surface area contributed by atoms with Gasteiger partial charge in [-0.2, -0.15) is 0 Å². The Balaban J connectivity index is 1.49. The van der Waals surface area contributed by atoms with Crippen molar-refractivity contribution in [1.82, 2.24) is 19.9 Å². The number of carbonyl (C=O) groups is 1. The maximum absolute atomic E-state index is 13.1. The van der Waals surface area contributed by atoms with Crippen LogP contribution in [0.15, 0.2) is 52.6 Å². The Morgan fingerprint density at radius 3 is 2.88 bits per heavy atom. The van der Waals surface area contributed by atoms with E-state index in [0.29, 0.717) is 18.2 Å². The summed E-state index contributed by atoms with van der Waals surface area (Å²) in [5, 5.41) is 6.08. The van der Waals surface area contributed by atoms with Crippen molar-refractivity contribution in [3.05, 3.63) is 70.9 Å². The molecule has 0 radical (unpaired) electrons. The molecular formula is C26H28N4O2S. The van der Waals surface area contributed by atoms with Crippen molar-refractivity contribution in [2.24, 2.45) is 0 Å². The largest absolute Gasteiger partial charge is 0.467 e. The smallest absolute Gasteiger partial charge is 0.253 e. The summed E-state index contributed by atoms with van der Waals surface area (Å²) in [5.41, 5.74) is 5.80. The average Bonchev–Trinajstić information content (AvgIpc) is 3.64. The molecule has 4 aromatic rings. The lowest BCUT2D eigenvalue weighted by molar-refractivity contribution is 0.0947. The summed E-state index contributed by atoms with van der Waals surface area (Å²) < 4.78 is 7.70. The lowest BCUT2D eigenvalue weighted by Gasteiger charge is -2.18. The van der Waals surface area contributed by atoms with Gasteiger partial charge in [0.25, 0.3) is 5.91 Å². The van der Waals surface area contributed by atoms with Gasteiger partial charge in [-0.25, -0.2) is 4.98 Å². The minimum atomic E-state index is -0.0842. The Labute approximate surface area is 197 Å². The first-order chi connectivity index (χ1) is 16.1. The number of carbonyl (C=O) groups excluding carboxylic acids is 1. The summed E-state index contributed by atoms with van der Waals surface area (Å²) in [6, 6.07) is 10.2. The zero-order valence-electron chi connectivity index (χ0n) is 19.0. The first-order valence-electron chi connectivity index (χ1n) is 11.6. The third-order valence-corrected chi connectivity index (χ3v) is 7.31. The highest BCUT2D eigenvalue weighted by molar-refractivity contribution is 7.13. The second-order valence-electron chi connectivity index (χ2n) is 8.53. The number of aromatic nitrogens is 3. The van der Waals surface area contributed by atoms with Gasteiger partial charge in [-0.1, -0.05) is 19.8 Å². The number of pyridine rings is 1. The lowest BCUT2D eigenvalue weighted by atomic mass is 10.2. The average molecular weight is 461 g/mol. The number of nitrogens with zero attached hydrogens (tertiary/aromatic N) is 3. The molecular weight excluding hydrogens is 432 g/mol. The van der Waals surface area contributed by atoms with Crippen LogP contribution in [0.4, 0.5) is 0 Å². The fourth-order valence-electron chi connectivity index (χ4n) is 4.69. The van der Waals surface area contributed by atoms with Gasteiger partial charge in [-0.05, 0) is 56.5 Å². The van der Waals surface area contributed by atoms with E-state index in [1.165, 1.54) is 12.8 Å². The summed E-state index contributed by atoms with van der Waals surface area (Å²) in [7, 11) is 0. The minimum Gasteiger partial charge on any atom is -0.467 e. The molecule has 0 saturated heterocycles. The van der Waals surface area contributed by atoms with Gasteiger partial charge in [0, 0.05) is 34.6 Å². The van der Waals surface area contributed by atoms with Crippen LogP contribution in [0.3, 0.4) is 0 Å². The molecule has 0 bridgehead atoms. The number of nitrogens with one attached hydrogen (secondary N) is 1. The summed E-state index contributed by atoms with van der Waals surface area (Å²) in [4.78, 5) is 22.5. The highest BCUT2D eigenvalue weighted by Crippen LogP contribution is 2.38. The van der Waals surface area contributed by atoms with Gasteiger partial charge >= 0.3 is 0 Å². The fraction of sp³-hybridized carbons (Fsp3) is 0.346. The Morgan fingerprint density at radius 2 is 2.12 bits per heavy atom. The number of hydrogen-bond donors (Lipinski definition) is 1. The number of furan rings is 1. The quantitative estimate of drug-likeness (QED) is 0.357. The lowest BCUT2D eigenvalue weighted by Crippen LogP contribution is -2.23. The van der Waals surface area contributed by atoms with Crippen LogP contribution in [0.25, 0.3) is 22.0 Å². The van der Waals surface area contributed by atoms with Crippen LogP contribution < -0.4 is 5.32 Å². The maximum Gasteiger partial charge on any atom is 0.253 e. The number of hydrogen-bond acceptors (Lipinski definition) is 5. The van der Waals surface area contributed by atoms with E-state index in [0.717, 1.165) is 58.4 Å². The van der Waals surface area contributed by atoms with Crippen LogP contribution >= 0.6 is 11.3 Å². The molecule has 1 amide bonds. The molecule has 6 nitrogen and oxygen atoms in total. The molecule has 4 heterocycles. The van der Waals surface area contributed by atoms with E-state index in [4.69, 9.17) is 9.40 Å². The monoisotopic (exact) mass is 460 g/mol. The van der Waals surface area contributed by atoms with E-state index in [-0.39, 0.29) is 5.91 Å². The van der Waals surface area contributed by atoms with Gasteiger partial charge in [-0.15, -0.1) is 11.3 Å². The normalized spacial score (nSPS) is 14.1. The maximum atomic E-state index is 13.1. The van der Waals surface area contributed by atoms with Crippen molar-refractivity contribution in [3.63, 3.8) is 0 Å². The van der Waals surface area contributed by atoms with Gasteiger partial charge in [0.05, 0.1) is 29.8 Å². The molecule has 0 unspecified atom stereocenters. The minimum absolute atomic E-state index is 0.0842. The Bertz CT molecular complexity index is 1250. The molecule has 0 aromatic carbocycles. The predicted octanol–water partition coefficient (Wildman–Crippen LogP) is 6.18. The van der Waals surface area contributed by atoms with Gasteiger partial charge in [0.2, 0.25) is 0 Å². The zero-order valence-corrected chi connectivity index (χ0v) is 19.8. The molecule has 1 aliphatic carbocycles. The van der Waals surface area contributed by atoms with Crippen LogP contribution in [0.5, 0.6) is 0 Å². The molecule has 0 atom stereocenters. The van der Waals surface area contributed by atoms with E-state index in [1.807, 2.05) is 37.4 Å². The van der Waals surface area contributed by atoms with Gasteiger partial charge in [-0.3, -0.25) is 9.78 Å². The van der Waals surface area contributed by atoms with E-state index >= 15 is 0 Å². The SMILES string of the molecule is CCc1cc(-c2nc(-c3cc(C(=O)NCc4ccco4)c(C)n3C3CCCC3)cs2)ccn1. The van der Waals surface area contributed by atoms with Crippen LogP contribution in [0, 0.1) is 6.92 Å². The van der Waals surface area contributed by atoms with Crippen molar-refractivity contribution >= 4 is 17.2 Å². The molecule has 1 saturated carbocycles. The number of rotatable bonds is 7. The Kier molecular flexibility index (Phi) is 6.13. The first kappa shape index (κ1) is 21.6. The molecule has 5 rings (SSSR count). The first-order valence-corrected chi connectivity index (χ1v) is 12.5. The Morgan fingerprint density at radius 1 is 1.27 bits per heavy atom. The molecule has 170 valence electrons. The van der Waals surface area contributed by atoms with Crippen molar-refractivity contribution < 1.29 is 9.21 Å². The zero-order chi connectivity index (χ0) is 22.8. The molecule has 0 aliphatic heterocycles. The standard InChI is InChI=1S/C26H28N4O2S/c1-3-19-13-18(10-11-27-19)26-29-23(16-33-26)24-14-22(17(2)30(24)20-7-4-5-8-20)25(31)28-15-21-9-6-12-32-21/h6,9-14,16,20H,3-5,7-8,15H2,1-2H3,(H,28,31). The molecule has 0 spiro atoms. The third kappa shape index (κ3) is 4.37. The summed E-state index contributed by atoms with van der Waals surface area (Å²) >= 11 is 1.63. The van der Waals surface area contributed by atoms with Gasteiger partial charge in [0.15, 0.2) is 0 Å². The summed E-state index contributed by atoms with van der Waals surface area (Å²) in [6.45, 7) is 4.53. The van der Waals surface area contributed by atoms with E-state index in [1.54, 1.807) is 17.6 Å². The molecule has 4 aromatic heterocycles. The van der Waals surface area contributed by atoms with Crippen molar-refractivity contribution in [2.45, 2.75) is 58.5 Å². The van der Waals surface area contributed by atoms with Crippen LogP contribution in [-0.4, -0.2) is 20.4 Å². The number of thiazole rings is 1. The molecule has 33 heavy (non-hydrogen) atoms. The molecule has 7 heteroatoms. The van der Waals surface area contributed by atoms with Crippen LogP contribution in [-0.2, 0) is 13.0 Å². The van der Waals surface area contributed by atoms with Gasteiger partial charge in [0.1, 0.15) is 10.8 Å². The summed E-state index contributed by atoms with van der Waals surface area (Å²) in [5.74, 6) is 0.656. The summed E-state index contributed by atoms with van der Waals surface area (Å²) in [6.07, 6.45) is 9.08. The molecule has 1 aliphatic rings. The van der Waals surface area contributed by atoms with Crippen LogP contribution in [0.2, 0.25) is 0 Å². The van der Waals surface area contributed by atoms with Crippen molar-refractivity contribution in [2.75, 3.05) is 0 Å². The van der Waals surface area contributed by atoms with Crippen molar-refractivity contribution in [1.29, 1.82) is 0 Å². The molecule has 1 fully saturated rings. The fourth-order valence-corrected chi connectivity index (χ4v) is 5.50. The number of amides is 1. The van der Waals surface area contributed by atoms with Crippen molar-refractivity contribution in [3.8, 4) is 22.0 Å². The van der Waals surface area contributed by atoms with E-state index in [2.05, 4.69) is 33.2 Å². The second-order valence-corrected chi connectivity index (χ2v) is 9.38. The topological polar surface area (TPSA) is 73.0 Å². The highest BCUT2D eigenvalue weighted by Gasteiger charge is 2.26.